The molecule has 0 radical (unpaired) electrons. The molecule has 12 nitrogen and oxygen atoms in total. The Balaban J connectivity index is 0.000000603. The van der Waals surface area contributed by atoms with Crippen molar-refractivity contribution in [2.24, 2.45) is 0 Å². The van der Waals surface area contributed by atoms with Crippen LogP contribution in [0.1, 0.15) is 33.5 Å². The fraction of sp³-hybridized carbons (Fsp3) is 0.364. The summed E-state index contributed by atoms with van der Waals surface area (Å²) in [6.45, 7) is 7.63. The lowest BCUT2D eigenvalue weighted by Gasteiger charge is -2.13. The second kappa shape index (κ2) is 15.6. The van der Waals surface area contributed by atoms with E-state index in [1.807, 2.05) is 29.7 Å². The Morgan fingerprint density at radius 3 is 2.10 bits per heavy atom. The number of aromatic nitrogens is 3. The molecule has 49 heavy (non-hydrogen) atoms. The fourth-order valence-corrected chi connectivity index (χ4v) is 5.63. The molecule has 2 aromatic heterocycles. The molecule has 5 rings (SSSR count). The van der Waals surface area contributed by atoms with Gasteiger partial charge in [-0.25, -0.2) is 13.9 Å². The Labute approximate surface area is 280 Å². The van der Waals surface area contributed by atoms with Crippen LogP contribution in [0.5, 0.6) is 5.75 Å². The van der Waals surface area contributed by atoms with Gasteiger partial charge in [0.1, 0.15) is 32.3 Å². The van der Waals surface area contributed by atoms with Gasteiger partial charge in [0.2, 0.25) is 0 Å². The van der Waals surface area contributed by atoms with Crippen LogP contribution in [0.15, 0.2) is 71.7 Å². The Morgan fingerprint density at radius 1 is 0.918 bits per heavy atom. The van der Waals surface area contributed by atoms with Crippen molar-refractivity contribution < 1.29 is 50.9 Å². The van der Waals surface area contributed by atoms with Gasteiger partial charge in [-0.15, -0.1) is 0 Å². The minimum Gasteiger partial charge on any atom is -0.486 e. The lowest BCUT2D eigenvalue weighted by molar-refractivity contribution is -0.677. The van der Waals surface area contributed by atoms with Crippen molar-refractivity contribution in [2.45, 2.75) is 39.3 Å². The second-order valence-corrected chi connectivity index (χ2v) is 14.8. The number of hydrogen-bond acceptors (Lipinski definition) is 8. The van der Waals surface area contributed by atoms with Crippen molar-refractivity contribution in [2.75, 3.05) is 40.0 Å². The maximum atomic E-state index is 13.2. The van der Waals surface area contributed by atoms with Crippen LogP contribution in [0.25, 0.3) is 11.0 Å². The largest absolute Gasteiger partial charge is 0.490 e. The average Bonchev–Trinajstić information content (AvgIpc) is 3.49. The SMILES string of the molecule is CC[n+]1c(CN2C(=O)c3ccccc3C2=O)n(CCOCCn2ccccc2=O)c2cc(OCP(C)(C)=O)ccc21.COC(=O)C(F)(F)F. The first-order valence-electron chi connectivity index (χ1n) is 15.2. The van der Waals surface area contributed by atoms with E-state index in [-0.39, 0.29) is 30.3 Å². The van der Waals surface area contributed by atoms with Crippen molar-refractivity contribution >= 4 is 36.0 Å². The fourth-order valence-electron chi connectivity index (χ4n) is 5.17. The van der Waals surface area contributed by atoms with Crippen LogP contribution in [-0.2, 0) is 45.0 Å². The zero-order valence-corrected chi connectivity index (χ0v) is 28.3. The molecule has 16 heteroatoms. The highest BCUT2D eigenvalue weighted by Gasteiger charge is 2.40. The molecule has 1 aliphatic heterocycles. The minimum atomic E-state index is -4.85. The highest BCUT2D eigenvalue weighted by molar-refractivity contribution is 7.62. The van der Waals surface area contributed by atoms with Gasteiger partial charge in [0.05, 0.1) is 38.0 Å². The third kappa shape index (κ3) is 9.04. The standard InChI is InChI=1S/C30H34N4O6P.C3H3F3O2/c1-4-32-25-13-12-22(40-21-41(2,3)38)19-26(25)33(16-18-39-17-15-31-14-8-7-11-28(31)35)27(32)20-34-29(36)23-9-5-6-10-24(23)30(34)37;1-8-2(7)3(4,5)6/h5-14,19H,4,15-18,20-21H2,1-3H3;1H3/q+1;. The van der Waals surface area contributed by atoms with E-state index < -0.39 is 19.3 Å². The van der Waals surface area contributed by atoms with E-state index in [0.717, 1.165) is 16.9 Å². The van der Waals surface area contributed by atoms with Crippen molar-refractivity contribution in [1.29, 1.82) is 0 Å². The number of aryl methyl sites for hydroxylation is 1. The summed E-state index contributed by atoms with van der Waals surface area (Å²) >= 11 is 0. The summed E-state index contributed by atoms with van der Waals surface area (Å²) in [6.07, 6.45) is -3.01. The summed E-state index contributed by atoms with van der Waals surface area (Å²) in [5, 5.41) is 0. The van der Waals surface area contributed by atoms with Crippen LogP contribution in [0.3, 0.4) is 0 Å². The number of benzene rings is 2. The third-order valence-electron chi connectivity index (χ3n) is 7.44. The molecule has 2 aromatic carbocycles. The second-order valence-electron chi connectivity index (χ2n) is 11.4. The lowest BCUT2D eigenvalue weighted by atomic mass is 10.1. The summed E-state index contributed by atoms with van der Waals surface area (Å²) in [5.74, 6) is -1.45. The smallest absolute Gasteiger partial charge is 0.486 e. The number of pyridine rings is 1. The predicted octanol–water partition coefficient (Wildman–Crippen LogP) is 4.30. The number of carbonyl (C=O) groups excluding carboxylic acids is 3. The molecule has 0 saturated heterocycles. The quantitative estimate of drug-likeness (QED) is 0.0702. The molecule has 0 atom stereocenters. The summed E-state index contributed by atoms with van der Waals surface area (Å²) in [5.41, 5.74) is 2.49. The van der Waals surface area contributed by atoms with Gasteiger partial charge in [-0.2, -0.15) is 13.2 Å². The number of imide groups is 1. The first kappa shape index (κ1) is 37.1. The van der Waals surface area contributed by atoms with Gasteiger partial charge >= 0.3 is 12.1 Å². The van der Waals surface area contributed by atoms with E-state index in [4.69, 9.17) is 9.47 Å². The Morgan fingerprint density at radius 2 is 1.55 bits per heavy atom. The molecule has 4 aromatic rings. The van der Waals surface area contributed by atoms with Crippen LogP contribution < -0.4 is 14.9 Å². The summed E-state index contributed by atoms with van der Waals surface area (Å²) in [4.78, 5) is 49.2. The monoisotopic (exact) mass is 705 g/mol. The molecule has 0 unspecified atom stereocenters. The molecule has 0 fully saturated rings. The van der Waals surface area contributed by atoms with Crippen LogP contribution in [0.2, 0.25) is 0 Å². The molecule has 3 heterocycles. The molecular formula is C33H37F3N4O8P+. The zero-order chi connectivity index (χ0) is 35.9. The summed E-state index contributed by atoms with van der Waals surface area (Å²) in [7, 11) is -1.71. The van der Waals surface area contributed by atoms with Crippen LogP contribution >= 0.6 is 7.14 Å². The van der Waals surface area contributed by atoms with E-state index >= 15 is 0 Å². The van der Waals surface area contributed by atoms with Gasteiger partial charge in [0, 0.05) is 24.9 Å². The number of hydrogen-bond donors (Lipinski definition) is 0. The summed E-state index contributed by atoms with van der Waals surface area (Å²) in [6, 6.07) is 17.6. The van der Waals surface area contributed by atoms with Crippen molar-refractivity contribution in [3.8, 4) is 5.75 Å². The van der Waals surface area contributed by atoms with Gasteiger partial charge < -0.3 is 23.3 Å². The average molecular weight is 706 g/mol. The number of ether oxygens (including phenoxy) is 3. The predicted molar refractivity (Wildman–Crippen MR) is 173 cm³/mol. The number of rotatable bonds is 12. The number of amides is 2. The minimum absolute atomic E-state index is 0.0869. The highest BCUT2D eigenvalue weighted by Crippen LogP contribution is 2.36. The molecule has 0 saturated carbocycles. The topological polar surface area (TPSA) is 130 Å². The molecule has 0 aliphatic carbocycles. The number of alkyl halides is 3. The first-order valence-corrected chi connectivity index (χ1v) is 18.0. The summed E-state index contributed by atoms with van der Waals surface area (Å²) < 4.78 is 66.0. The van der Waals surface area contributed by atoms with E-state index in [1.54, 1.807) is 60.5 Å². The molecular weight excluding hydrogens is 668 g/mol. The number of imidazole rings is 1. The molecule has 2 amide bonds. The van der Waals surface area contributed by atoms with Crippen molar-refractivity contribution in [1.82, 2.24) is 14.0 Å². The van der Waals surface area contributed by atoms with Gasteiger partial charge in [0.15, 0.2) is 11.0 Å². The zero-order valence-electron chi connectivity index (χ0n) is 27.4. The van der Waals surface area contributed by atoms with E-state index in [9.17, 15) is 36.9 Å². The van der Waals surface area contributed by atoms with Gasteiger partial charge in [-0.3, -0.25) is 19.3 Å². The van der Waals surface area contributed by atoms with E-state index in [2.05, 4.69) is 9.30 Å². The lowest BCUT2D eigenvalue weighted by Crippen LogP contribution is -2.42. The van der Waals surface area contributed by atoms with Crippen LogP contribution in [-0.4, -0.2) is 78.0 Å². The number of halogens is 3. The molecule has 0 spiro atoms. The molecule has 262 valence electrons. The maximum Gasteiger partial charge on any atom is 0.490 e. The number of carbonyl (C=O) groups is 3. The first-order chi connectivity index (χ1) is 23.2. The molecule has 0 bridgehead atoms. The highest BCUT2D eigenvalue weighted by atomic mass is 31.2. The maximum absolute atomic E-state index is 13.2. The van der Waals surface area contributed by atoms with Gasteiger partial charge in [0.25, 0.3) is 23.2 Å². The Bertz CT molecular complexity index is 1920. The van der Waals surface area contributed by atoms with Crippen molar-refractivity contribution in [3.63, 3.8) is 0 Å². The van der Waals surface area contributed by atoms with Crippen LogP contribution in [0.4, 0.5) is 13.2 Å². The van der Waals surface area contributed by atoms with Crippen molar-refractivity contribution in [3.05, 3.63) is 94.2 Å². The third-order valence-corrected chi connectivity index (χ3v) is 8.19. The molecule has 1 aliphatic rings. The van der Waals surface area contributed by atoms with E-state index in [1.165, 1.54) is 11.0 Å². The Hall–Kier alpha value is -4.75. The van der Waals surface area contributed by atoms with Crippen LogP contribution in [0, 0.1) is 0 Å². The number of esters is 1. The number of methoxy groups -OCH3 is 1. The Kier molecular flexibility index (Phi) is 11.8. The normalized spacial score (nSPS) is 12.9. The van der Waals surface area contributed by atoms with E-state index in [0.29, 0.717) is 56.8 Å². The van der Waals surface area contributed by atoms with Gasteiger partial charge in [-0.05, 0) is 50.6 Å². The molecule has 0 N–H and O–H groups in total. The number of fused-ring (bicyclic) bond motifs is 2. The van der Waals surface area contributed by atoms with Gasteiger partial charge in [-0.1, -0.05) is 18.2 Å². The number of nitrogens with zero attached hydrogens (tertiary/aromatic N) is 4.